The van der Waals surface area contributed by atoms with Crippen LogP contribution in [0.15, 0.2) is 116 Å². The normalized spacial score (nSPS) is 23.1. The van der Waals surface area contributed by atoms with Crippen LogP contribution in [-0.4, -0.2) is 40.0 Å². The molecule has 1 spiro atoms. The van der Waals surface area contributed by atoms with Gasteiger partial charge < -0.3 is 15.0 Å². The molecule has 1 fully saturated rings. The summed E-state index contributed by atoms with van der Waals surface area (Å²) in [5, 5.41) is 3.06. The number of carbonyl (C=O) groups is 3. The molecule has 0 aliphatic carbocycles. The van der Waals surface area contributed by atoms with Gasteiger partial charge in [-0.3, -0.25) is 19.4 Å². The van der Waals surface area contributed by atoms with Crippen molar-refractivity contribution in [2.24, 2.45) is 5.92 Å². The van der Waals surface area contributed by atoms with Crippen LogP contribution in [0.3, 0.4) is 0 Å². The second kappa shape index (κ2) is 9.96. The number of nitrogens with zero attached hydrogens (tertiary/aromatic N) is 2. The number of hydrogen-bond acceptors (Lipinski definition) is 6. The molecule has 3 aromatic carbocycles. The standard InChI is InChI=1S/C35H27N3O4/c1-2-21-42-24-16-14-23(15-17-24)31(39)29-30(32(40)28-13-7-8-19-36-28)38-20-18-22-9-3-4-10-25(22)33(38)35(29)26-11-5-6-12-27(26)37-34(35)41/h2-20,29-30,33H,1,21H2,(H,37,41)/t29-,30-,33-,35-/m1/s1. The van der Waals surface area contributed by atoms with E-state index in [0.29, 0.717) is 29.2 Å². The van der Waals surface area contributed by atoms with Crippen molar-refractivity contribution in [2.45, 2.75) is 17.5 Å². The Morgan fingerprint density at radius 2 is 1.71 bits per heavy atom. The smallest absolute Gasteiger partial charge is 0.238 e. The lowest BCUT2D eigenvalue weighted by Crippen LogP contribution is -2.49. The quantitative estimate of drug-likeness (QED) is 0.236. The number of amides is 1. The molecule has 0 saturated carbocycles. The number of para-hydroxylation sites is 1. The van der Waals surface area contributed by atoms with Crippen molar-refractivity contribution in [3.05, 3.63) is 144 Å². The zero-order valence-corrected chi connectivity index (χ0v) is 22.6. The molecule has 3 aliphatic rings. The number of rotatable bonds is 7. The van der Waals surface area contributed by atoms with E-state index in [1.807, 2.05) is 65.7 Å². The van der Waals surface area contributed by atoms with Gasteiger partial charge in [0.2, 0.25) is 11.7 Å². The largest absolute Gasteiger partial charge is 0.490 e. The van der Waals surface area contributed by atoms with E-state index in [1.54, 1.807) is 54.7 Å². The molecule has 7 nitrogen and oxygen atoms in total. The first-order valence-electron chi connectivity index (χ1n) is 13.8. The van der Waals surface area contributed by atoms with Crippen molar-refractivity contribution >= 4 is 29.2 Å². The number of nitrogens with one attached hydrogen (secondary N) is 1. The third-order valence-corrected chi connectivity index (χ3v) is 8.55. The highest BCUT2D eigenvalue weighted by Crippen LogP contribution is 2.62. The van der Waals surface area contributed by atoms with E-state index in [4.69, 9.17) is 4.74 Å². The maximum absolute atomic E-state index is 14.8. The maximum atomic E-state index is 14.8. The van der Waals surface area contributed by atoms with Crippen LogP contribution in [0, 0.1) is 5.92 Å². The molecule has 4 heterocycles. The van der Waals surface area contributed by atoms with E-state index in [0.717, 1.165) is 11.1 Å². The summed E-state index contributed by atoms with van der Waals surface area (Å²) in [4.78, 5) is 50.0. The van der Waals surface area contributed by atoms with Crippen molar-refractivity contribution in [1.82, 2.24) is 9.88 Å². The Bertz CT molecular complexity index is 1760. The van der Waals surface area contributed by atoms with Crippen LogP contribution in [0.4, 0.5) is 5.69 Å². The predicted molar refractivity (Wildman–Crippen MR) is 159 cm³/mol. The van der Waals surface area contributed by atoms with Crippen LogP contribution in [0.5, 0.6) is 5.75 Å². The van der Waals surface area contributed by atoms with Gasteiger partial charge in [0.05, 0.1) is 12.0 Å². The summed E-state index contributed by atoms with van der Waals surface area (Å²) in [5.41, 5.74) is 2.41. The molecule has 1 saturated heterocycles. The molecular formula is C35H27N3O4. The minimum atomic E-state index is -1.39. The highest BCUT2D eigenvalue weighted by atomic mass is 16.5. The van der Waals surface area contributed by atoms with Gasteiger partial charge in [-0.15, -0.1) is 0 Å². The molecule has 7 rings (SSSR count). The molecular weight excluding hydrogens is 526 g/mol. The average molecular weight is 554 g/mol. The number of anilines is 1. The van der Waals surface area contributed by atoms with Gasteiger partial charge in [-0.25, -0.2) is 0 Å². The number of hydrogen-bond donors (Lipinski definition) is 1. The van der Waals surface area contributed by atoms with E-state index in [-0.39, 0.29) is 23.2 Å². The molecule has 0 bridgehead atoms. The topological polar surface area (TPSA) is 88.6 Å². The van der Waals surface area contributed by atoms with Gasteiger partial charge in [-0.1, -0.05) is 61.2 Å². The van der Waals surface area contributed by atoms with E-state index < -0.39 is 23.4 Å². The number of fused-ring (bicyclic) bond motifs is 6. The van der Waals surface area contributed by atoms with Gasteiger partial charge in [-0.05, 0) is 65.2 Å². The first kappa shape index (κ1) is 25.7. The number of ether oxygens (including phenoxy) is 1. The predicted octanol–water partition coefficient (Wildman–Crippen LogP) is 5.63. The second-order valence-corrected chi connectivity index (χ2v) is 10.7. The van der Waals surface area contributed by atoms with Gasteiger partial charge in [0.1, 0.15) is 29.5 Å². The van der Waals surface area contributed by atoms with Crippen LogP contribution >= 0.6 is 0 Å². The molecule has 1 aromatic heterocycles. The van der Waals surface area contributed by atoms with Gasteiger partial charge >= 0.3 is 0 Å². The molecule has 1 N–H and O–H groups in total. The monoisotopic (exact) mass is 553 g/mol. The van der Waals surface area contributed by atoms with Gasteiger partial charge in [0.15, 0.2) is 5.78 Å². The Kier molecular flexibility index (Phi) is 6.08. The Labute approximate surface area is 243 Å². The Hall–Kier alpha value is -5.30. The third-order valence-electron chi connectivity index (χ3n) is 8.55. The van der Waals surface area contributed by atoms with Crippen molar-refractivity contribution < 1.29 is 19.1 Å². The minimum Gasteiger partial charge on any atom is -0.490 e. The van der Waals surface area contributed by atoms with Gasteiger partial charge in [0, 0.05) is 23.6 Å². The van der Waals surface area contributed by atoms with E-state index >= 15 is 0 Å². The third kappa shape index (κ3) is 3.66. The van der Waals surface area contributed by atoms with Crippen molar-refractivity contribution in [2.75, 3.05) is 11.9 Å². The van der Waals surface area contributed by atoms with Crippen molar-refractivity contribution in [1.29, 1.82) is 0 Å². The first-order valence-corrected chi connectivity index (χ1v) is 13.8. The Morgan fingerprint density at radius 3 is 2.50 bits per heavy atom. The zero-order chi connectivity index (χ0) is 28.8. The van der Waals surface area contributed by atoms with Crippen LogP contribution in [0.25, 0.3) is 6.08 Å². The summed E-state index contributed by atoms with van der Waals surface area (Å²) in [5.74, 6) is -1.39. The second-order valence-electron chi connectivity index (χ2n) is 10.7. The van der Waals surface area contributed by atoms with Crippen LogP contribution < -0.4 is 10.1 Å². The summed E-state index contributed by atoms with van der Waals surface area (Å²) in [7, 11) is 0. The average Bonchev–Trinajstić information content (AvgIpc) is 3.52. The summed E-state index contributed by atoms with van der Waals surface area (Å²) in [6.45, 7) is 4.01. The highest BCUT2D eigenvalue weighted by molar-refractivity contribution is 6.16. The number of carbonyl (C=O) groups excluding carboxylic acids is 3. The SMILES string of the molecule is C=CCOc1ccc(C(=O)[C@H]2[C@H](C(=O)c3ccccn3)N3C=Cc4ccccc4[C@@H]3[C@]23C(=O)Nc2ccccc23)cc1. The minimum absolute atomic E-state index is 0.239. The molecule has 7 heteroatoms. The first-order chi connectivity index (χ1) is 20.6. The molecule has 3 aliphatic heterocycles. The van der Waals surface area contributed by atoms with Gasteiger partial charge in [0.25, 0.3) is 0 Å². The van der Waals surface area contributed by atoms with Crippen molar-refractivity contribution in [3.63, 3.8) is 0 Å². The fraction of sp³-hybridized carbons (Fsp3) is 0.143. The summed E-state index contributed by atoms with van der Waals surface area (Å²) < 4.78 is 5.63. The van der Waals surface area contributed by atoms with Crippen LogP contribution in [0.1, 0.15) is 43.6 Å². The van der Waals surface area contributed by atoms with Crippen LogP contribution in [-0.2, 0) is 10.2 Å². The Balaban J connectivity index is 1.48. The molecule has 4 aromatic rings. The highest BCUT2D eigenvalue weighted by Gasteiger charge is 2.70. The van der Waals surface area contributed by atoms with Gasteiger partial charge in [-0.2, -0.15) is 0 Å². The number of benzene rings is 3. The summed E-state index contributed by atoms with van der Waals surface area (Å²) in [6, 6.07) is 25.7. The molecule has 1 amide bonds. The van der Waals surface area contributed by atoms with Crippen molar-refractivity contribution in [3.8, 4) is 5.75 Å². The fourth-order valence-corrected chi connectivity index (χ4v) is 6.88. The van der Waals surface area contributed by atoms with E-state index in [1.165, 1.54) is 0 Å². The Morgan fingerprint density at radius 1 is 0.952 bits per heavy atom. The number of pyridine rings is 1. The molecule has 4 atom stereocenters. The molecule has 206 valence electrons. The zero-order valence-electron chi connectivity index (χ0n) is 22.6. The lowest BCUT2D eigenvalue weighted by atomic mass is 9.62. The maximum Gasteiger partial charge on any atom is 0.238 e. The van der Waals surface area contributed by atoms with E-state index in [2.05, 4.69) is 16.9 Å². The number of ketones is 2. The summed E-state index contributed by atoms with van der Waals surface area (Å²) >= 11 is 0. The fourth-order valence-electron chi connectivity index (χ4n) is 6.88. The van der Waals surface area contributed by atoms with Crippen LogP contribution in [0.2, 0.25) is 0 Å². The molecule has 42 heavy (non-hydrogen) atoms. The molecule has 0 unspecified atom stereocenters. The molecule has 0 radical (unpaired) electrons. The lowest BCUT2D eigenvalue weighted by molar-refractivity contribution is -0.122. The lowest BCUT2D eigenvalue weighted by Gasteiger charge is -2.38. The summed E-state index contributed by atoms with van der Waals surface area (Å²) in [6.07, 6.45) is 7.00. The van der Waals surface area contributed by atoms with E-state index in [9.17, 15) is 14.4 Å². The number of Topliss-reactive ketones (excluding diaryl/α,β-unsaturated/α-hetero) is 2. The number of aromatic nitrogens is 1.